The van der Waals surface area contributed by atoms with Gasteiger partial charge in [-0.15, -0.1) is 0 Å². The summed E-state index contributed by atoms with van der Waals surface area (Å²) in [5, 5.41) is 11.6. The lowest BCUT2D eigenvalue weighted by Gasteiger charge is -2.08. The molecule has 0 heterocycles. The Morgan fingerprint density at radius 1 is 1.40 bits per heavy atom. The van der Waals surface area contributed by atoms with Crippen LogP contribution in [0.3, 0.4) is 0 Å². The summed E-state index contributed by atoms with van der Waals surface area (Å²) in [7, 11) is 0. The molecule has 0 aliphatic carbocycles. The predicted molar refractivity (Wildman–Crippen MR) is 82.0 cm³/mol. The fourth-order valence-electron chi connectivity index (χ4n) is 1.80. The van der Waals surface area contributed by atoms with Crippen LogP contribution in [0.25, 0.3) is 0 Å². The summed E-state index contributed by atoms with van der Waals surface area (Å²) in [5.74, 6) is -0.370. The standard InChI is InChI=1S/C15H21NO3S/c1-11(15(18)19)5-4-8-16-14(17)13-7-3-6-12(9-13)10-20-2/h3,6-7,9,11H,4-5,8,10H2,1-2H3,(H,16,17)(H,18,19). The molecule has 0 aliphatic heterocycles. The fraction of sp³-hybridized carbons (Fsp3) is 0.467. The zero-order valence-corrected chi connectivity index (χ0v) is 12.7. The maximum absolute atomic E-state index is 11.9. The Kier molecular flexibility index (Phi) is 7.15. The van der Waals surface area contributed by atoms with Gasteiger partial charge in [-0.25, -0.2) is 0 Å². The van der Waals surface area contributed by atoms with E-state index in [0.717, 1.165) is 11.3 Å². The minimum absolute atomic E-state index is 0.101. The van der Waals surface area contributed by atoms with Gasteiger partial charge in [0, 0.05) is 17.9 Å². The fourth-order valence-corrected chi connectivity index (χ4v) is 2.32. The Labute approximate surface area is 124 Å². The highest BCUT2D eigenvalue weighted by atomic mass is 32.2. The number of carboxylic acids is 1. The molecular weight excluding hydrogens is 274 g/mol. The van der Waals surface area contributed by atoms with E-state index in [1.165, 1.54) is 0 Å². The molecule has 1 amide bonds. The summed E-state index contributed by atoms with van der Waals surface area (Å²) in [5.41, 5.74) is 1.78. The number of carbonyl (C=O) groups is 2. The first-order valence-electron chi connectivity index (χ1n) is 6.63. The second-order valence-electron chi connectivity index (χ2n) is 4.77. The number of amides is 1. The molecule has 20 heavy (non-hydrogen) atoms. The lowest BCUT2D eigenvalue weighted by atomic mass is 10.1. The highest BCUT2D eigenvalue weighted by Gasteiger charge is 2.10. The number of nitrogens with one attached hydrogen (secondary N) is 1. The number of carbonyl (C=O) groups excluding carboxylic acids is 1. The van der Waals surface area contributed by atoms with E-state index in [0.29, 0.717) is 24.9 Å². The van der Waals surface area contributed by atoms with Gasteiger partial charge in [0.15, 0.2) is 0 Å². The first kappa shape index (κ1) is 16.6. The van der Waals surface area contributed by atoms with Gasteiger partial charge in [0.25, 0.3) is 5.91 Å². The van der Waals surface area contributed by atoms with E-state index in [4.69, 9.17) is 5.11 Å². The van der Waals surface area contributed by atoms with Gasteiger partial charge < -0.3 is 10.4 Å². The molecule has 0 saturated carbocycles. The normalized spacial score (nSPS) is 11.9. The quantitative estimate of drug-likeness (QED) is 0.724. The highest BCUT2D eigenvalue weighted by molar-refractivity contribution is 7.97. The highest BCUT2D eigenvalue weighted by Crippen LogP contribution is 2.11. The molecule has 1 atom stereocenters. The Bertz CT molecular complexity index is 462. The van der Waals surface area contributed by atoms with Crippen molar-refractivity contribution >= 4 is 23.6 Å². The average Bonchev–Trinajstić information content (AvgIpc) is 2.43. The maximum Gasteiger partial charge on any atom is 0.306 e. The van der Waals surface area contributed by atoms with Crippen molar-refractivity contribution in [2.75, 3.05) is 12.8 Å². The van der Waals surface area contributed by atoms with Gasteiger partial charge in [0.1, 0.15) is 0 Å². The first-order chi connectivity index (χ1) is 9.54. The third kappa shape index (κ3) is 5.65. The smallest absolute Gasteiger partial charge is 0.306 e. The largest absolute Gasteiger partial charge is 0.481 e. The van der Waals surface area contributed by atoms with Gasteiger partial charge in [0.05, 0.1) is 5.92 Å². The predicted octanol–water partition coefficient (Wildman–Crippen LogP) is 2.78. The van der Waals surface area contributed by atoms with Crippen molar-refractivity contribution in [2.45, 2.75) is 25.5 Å². The molecule has 0 spiro atoms. The minimum atomic E-state index is -0.791. The third-order valence-electron chi connectivity index (χ3n) is 3.02. The zero-order chi connectivity index (χ0) is 15.0. The van der Waals surface area contributed by atoms with Crippen LogP contribution in [0.4, 0.5) is 0 Å². The van der Waals surface area contributed by atoms with Crippen molar-refractivity contribution in [3.63, 3.8) is 0 Å². The molecule has 5 heteroatoms. The van der Waals surface area contributed by atoms with E-state index in [9.17, 15) is 9.59 Å². The SMILES string of the molecule is CSCc1cccc(C(=O)NCCCC(C)C(=O)O)c1. The number of rotatable bonds is 8. The summed E-state index contributed by atoms with van der Waals surface area (Å²) in [6, 6.07) is 7.57. The van der Waals surface area contributed by atoms with E-state index in [1.54, 1.807) is 24.8 Å². The van der Waals surface area contributed by atoms with Crippen molar-refractivity contribution in [3.05, 3.63) is 35.4 Å². The third-order valence-corrected chi connectivity index (χ3v) is 3.64. The topological polar surface area (TPSA) is 66.4 Å². The summed E-state index contributed by atoms with van der Waals surface area (Å²) in [6.07, 6.45) is 3.27. The summed E-state index contributed by atoms with van der Waals surface area (Å²) in [4.78, 5) is 22.6. The zero-order valence-electron chi connectivity index (χ0n) is 11.9. The lowest BCUT2D eigenvalue weighted by Crippen LogP contribution is -2.25. The van der Waals surface area contributed by atoms with Crippen LogP contribution in [-0.4, -0.2) is 29.8 Å². The molecule has 0 fully saturated rings. The molecule has 0 aliphatic rings. The van der Waals surface area contributed by atoms with Gasteiger partial charge in [-0.05, 0) is 36.8 Å². The van der Waals surface area contributed by atoms with Crippen LogP contribution in [0.5, 0.6) is 0 Å². The number of aliphatic carboxylic acids is 1. The number of benzene rings is 1. The molecule has 0 saturated heterocycles. The molecule has 4 nitrogen and oxygen atoms in total. The maximum atomic E-state index is 11.9. The summed E-state index contributed by atoms with van der Waals surface area (Å²) >= 11 is 1.72. The van der Waals surface area contributed by atoms with Gasteiger partial charge in [-0.1, -0.05) is 19.1 Å². The van der Waals surface area contributed by atoms with Crippen LogP contribution in [0.1, 0.15) is 35.7 Å². The van der Waals surface area contributed by atoms with Crippen molar-refractivity contribution in [1.29, 1.82) is 0 Å². The molecular formula is C15H21NO3S. The summed E-state index contributed by atoms with van der Waals surface area (Å²) in [6.45, 7) is 2.18. The molecule has 2 N–H and O–H groups in total. The molecule has 0 radical (unpaired) electrons. The van der Waals surface area contributed by atoms with Crippen molar-refractivity contribution in [2.24, 2.45) is 5.92 Å². The molecule has 110 valence electrons. The molecule has 1 aromatic rings. The van der Waals surface area contributed by atoms with Crippen LogP contribution in [0.15, 0.2) is 24.3 Å². The van der Waals surface area contributed by atoms with E-state index in [1.807, 2.05) is 24.5 Å². The molecule has 0 aromatic heterocycles. The van der Waals surface area contributed by atoms with Crippen LogP contribution >= 0.6 is 11.8 Å². The van der Waals surface area contributed by atoms with E-state index < -0.39 is 5.97 Å². The monoisotopic (exact) mass is 295 g/mol. The van der Waals surface area contributed by atoms with Gasteiger partial charge >= 0.3 is 5.97 Å². The Balaban J connectivity index is 2.39. The summed E-state index contributed by atoms with van der Waals surface area (Å²) < 4.78 is 0. The van der Waals surface area contributed by atoms with E-state index in [-0.39, 0.29) is 11.8 Å². The van der Waals surface area contributed by atoms with Crippen molar-refractivity contribution in [1.82, 2.24) is 5.32 Å². The van der Waals surface area contributed by atoms with Crippen LogP contribution in [0, 0.1) is 5.92 Å². The second-order valence-corrected chi connectivity index (χ2v) is 5.64. The van der Waals surface area contributed by atoms with Crippen LogP contribution in [0.2, 0.25) is 0 Å². The number of hydrogen-bond acceptors (Lipinski definition) is 3. The molecule has 1 aromatic carbocycles. The average molecular weight is 295 g/mol. The Hall–Kier alpha value is -1.49. The van der Waals surface area contributed by atoms with Crippen LogP contribution < -0.4 is 5.32 Å². The number of hydrogen-bond donors (Lipinski definition) is 2. The Morgan fingerprint density at radius 2 is 2.15 bits per heavy atom. The van der Waals surface area contributed by atoms with E-state index in [2.05, 4.69) is 5.32 Å². The van der Waals surface area contributed by atoms with Crippen LogP contribution in [-0.2, 0) is 10.5 Å². The van der Waals surface area contributed by atoms with E-state index >= 15 is 0 Å². The minimum Gasteiger partial charge on any atom is -0.481 e. The van der Waals surface area contributed by atoms with Gasteiger partial charge in [-0.3, -0.25) is 9.59 Å². The molecule has 1 rings (SSSR count). The number of carboxylic acid groups (broad SMARTS) is 1. The molecule has 1 unspecified atom stereocenters. The van der Waals surface area contributed by atoms with Crippen molar-refractivity contribution in [3.8, 4) is 0 Å². The Morgan fingerprint density at radius 3 is 2.80 bits per heavy atom. The first-order valence-corrected chi connectivity index (χ1v) is 8.03. The lowest BCUT2D eigenvalue weighted by molar-refractivity contribution is -0.141. The second kappa shape index (κ2) is 8.64. The molecule has 0 bridgehead atoms. The van der Waals surface area contributed by atoms with Gasteiger partial charge in [0.2, 0.25) is 0 Å². The number of thioether (sulfide) groups is 1. The van der Waals surface area contributed by atoms with Crippen molar-refractivity contribution < 1.29 is 14.7 Å². The van der Waals surface area contributed by atoms with Gasteiger partial charge in [-0.2, -0.15) is 11.8 Å².